The highest BCUT2D eigenvalue weighted by molar-refractivity contribution is 6.05. The third-order valence-corrected chi connectivity index (χ3v) is 4.53. The average Bonchev–Trinajstić information content (AvgIpc) is 3.02. The van der Waals surface area contributed by atoms with Crippen molar-refractivity contribution in [2.24, 2.45) is 0 Å². The first-order valence-corrected chi connectivity index (χ1v) is 8.58. The van der Waals surface area contributed by atoms with Crippen LogP contribution in [0.5, 0.6) is 0 Å². The average molecular weight is 358 g/mol. The fourth-order valence-electron chi connectivity index (χ4n) is 3.30. The van der Waals surface area contributed by atoms with E-state index in [9.17, 15) is 15.0 Å². The van der Waals surface area contributed by atoms with Crippen molar-refractivity contribution in [1.82, 2.24) is 0 Å². The Kier molecular flexibility index (Phi) is 4.36. The second-order valence-corrected chi connectivity index (χ2v) is 6.22. The van der Waals surface area contributed by atoms with Gasteiger partial charge in [-0.3, -0.25) is 0 Å². The van der Waals surface area contributed by atoms with Gasteiger partial charge in [-0.15, -0.1) is 0 Å². The van der Waals surface area contributed by atoms with Gasteiger partial charge < -0.3 is 20.8 Å². The van der Waals surface area contributed by atoms with E-state index >= 15 is 0 Å². The van der Waals surface area contributed by atoms with Gasteiger partial charge in [0.05, 0.1) is 16.9 Å². The predicted octanol–water partition coefficient (Wildman–Crippen LogP) is 4.11. The topological polar surface area (TPSA) is 81.6 Å². The van der Waals surface area contributed by atoms with E-state index in [0.717, 1.165) is 16.8 Å². The standard InChI is InChI=1S/C22H18N2O3/c25-21-19(15-10-4-6-12-17(15)24-21)20(14-8-2-1-3-9-14)23-18-13-7-5-11-16(18)22(26)27/h1-13,21,23-25H,(H,26,27)/b20-19-. The van der Waals surface area contributed by atoms with Crippen LogP contribution in [0.3, 0.4) is 0 Å². The molecule has 0 radical (unpaired) electrons. The molecule has 5 heteroatoms. The summed E-state index contributed by atoms with van der Waals surface area (Å²) in [6, 6.07) is 23.9. The Balaban J connectivity index is 1.92. The van der Waals surface area contributed by atoms with Crippen molar-refractivity contribution in [3.8, 4) is 0 Å². The van der Waals surface area contributed by atoms with Gasteiger partial charge in [-0.25, -0.2) is 4.79 Å². The summed E-state index contributed by atoms with van der Waals surface area (Å²) in [6.45, 7) is 0. The van der Waals surface area contributed by atoms with Gasteiger partial charge in [0, 0.05) is 16.8 Å². The van der Waals surface area contributed by atoms with Gasteiger partial charge in [-0.05, 0) is 23.8 Å². The Morgan fingerprint density at radius 1 is 0.889 bits per heavy atom. The van der Waals surface area contributed by atoms with Crippen molar-refractivity contribution in [2.75, 3.05) is 10.6 Å². The number of hydrogen-bond acceptors (Lipinski definition) is 4. The number of carboxylic acids is 1. The van der Waals surface area contributed by atoms with Crippen molar-refractivity contribution < 1.29 is 15.0 Å². The summed E-state index contributed by atoms with van der Waals surface area (Å²) in [4.78, 5) is 11.6. The lowest BCUT2D eigenvalue weighted by atomic mass is 9.99. The molecule has 4 rings (SSSR count). The van der Waals surface area contributed by atoms with E-state index in [4.69, 9.17) is 0 Å². The molecule has 1 unspecified atom stereocenters. The van der Waals surface area contributed by atoms with Crippen molar-refractivity contribution >= 4 is 28.6 Å². The number of carboxylic acid groups (broad SMARTS) is 1. The molecule has 3 aromatic carbocycles. The molecule has 4 N–H and O–H groups in total. The minimum atomic E-state index is -1.01. The molecule has 1 atom stereocenters. The maximum atomic E-state index is 11.6. The summed E-state index contributed by atoms with van der Waals surface area (Å²) in [6.07, 6.45) is -0.901. The summed E-state index contributed by atoms with van der Waals surface area (Å²) in [5.74, 6) is -1.01. The second kappa shape index (κ2) is 6.97. The molecule has 0 bridgehead atoms. The zero-order valence-corrected chi connectivity index (χ0v) is 14.4. The number of aromatic carboxylic acids is 1. The van der Waals surface area contributed by atoms with Crippen LogP contribution in [-0.2, 0) is 0 Å². The zero-order valence-electron chi connectivity index (χ0n) is 14.4. The molecule has 1 aliphatic rings. The monoisotopic (exact) mass is 358 g/mol. The number of fused-ring (bicyclic) bond motifs is 1. The van der Waals surface area contributed by atoms with Crippen LogP contribution >= 0.6 is 0 Å². The van der Waals surface area contributed by atoms with E-state index in [-0.39, 0.29) is 5.56 Å². The third kappa shape index (κ3) is 3.16. The minimum absolute atomic E-state index is 0.167. The minimum Gasteiger partial charge on any atom is -0.478 e. The molecule has 134 valence electrons. The molecule has 3 aromatic rings. The molecule has 1 heterocycles. The third-order valence-electron chi connectivity index (χ3n) is 4.53. The summed E-state index contributed by atoms with van der Waals surface area (Å²) in [5.41, 5.74) is 4.54. The Hall–Kier alpha value is -3.57. The van der Waals surface area contributed by atoms with Gasteiger partial charge in [0.1, 0.15) is 0 Å². The highest BCUT2D eigenvalue weighted by Gasteiger charge is 2.28. The van der Waals surface area contributed by atoms with Crippen LogP contribution in [0.15, 0.2) is 78.9 Å². The molecule has 0 saturated carbocycles. The zero-order chi connectivity index (χ0) is 18.8. The van der Waals surface area contributed by atoms with Crippen molar-refractivity contribution in [3.63, 3.8) is 0 Å². The lowest BCUT2D eigenvalue weighted by Gasteiger charge is -2.18. The molecular weight excluding hydrogens is 340 g/mol. The predicted molar refractivity (Wildman–Crippen MR) is 106 cm³/mol. The van der Waals surface area contributed by atoms with Gasteiger partial charge in [-0.1, -0.05) is 60.7 Å². The van der Waals surface area contributed by atoms with Crippen LogP contribution in [0.1, 0.15) is 21.5 Å². The quantitative estimate of drug-likeness (QED) is 0.564. The molecule has 0 amide bonds. The molecule has 1 aliphatic heterocycles. The number of aliphatic hydroxyl groups excluding tert-OH is 1. The Bertz CT molecular complexity index is 1030. The van der Waals surface area contributed by atoms with Gasteiger partial charge >= 0.3 is 5.97 Å². The molecule has 27 heavy (non-hydrogen) atoms. The number of aliphatic hydroxyl groups is 1. The van der Waals surface area contributed by atoms with E-state index in [0.29, 0.717) is 17.0 Å². The fraction of sp³-hybridized carbons (Fsp3) is 0.0455. The lowest BCUT2D eigenvalue weighted by Crippen LogP contribution is -2.16. The van der Waals surface area contributed by atoms with Crippen LogP contribution < -0.4 is 10.6 Å². The van der Waals surface area contributed by atoms with Crippen molar-refractivity contribution in [1.29, 1.82) is 0 Å². The first kappa shape index (κ1) is 16.9. The van der Waals surface area contributed by atoms with Crippen LogP contribution in [0.25, 0.3) is 11.3 Å². The second-order valence-electron chi connectivity index (χ2n) is 6.22. The molecule has 0 saturated heterocycles. The number of rotatable bonds is 4. The van der Waals surface area contributed by atoms with Crippen molar-refractivity contribution in [3.05, 3.63) is 95.6 Å². The number of benzene rings is 3. The normalized spacial score (nSPS) is 17.0. The van der Waals surface area contributed by atoms with Crippen LogP contribution in [0.2, 0.25) is 0 Å². The molecule has 0 aliphatic carbocycles. The number of anilines is 2. The number of carbonyl (C=O) groups is 1. The first-order valence-electron chi connectivity index (χ1n) is 8.58. The Morgan fingerprint density at radius 3 is 2.33 bits per heavy atom. The molecule has 5 nitrogen and oxygen atoms in total. The first-order chi connectivity index (χ1) is 13.1. The van der Waals surface area contributed by atoms with Crippen LogP contribution in [0.4, 0.5) is 11.4 Å². The van der Waals surface area contributed by atoms with Gasteiger partial charge in [0.15, 0.2) is 6.23 Å². The maximum Gasteiger partial charge on any atom is 0.337 e. The Labute approximate surface area is 156 Å². The molecule has 0 aromatic heterocycles. The maximum absolute atomic E-state index is 11.6. The summed E-state index contributed by atoms with van der Waals surface area (Å²) in [7, 11) is 0. The summed E-state index contributed by atoms with van der Waals surface area (Å²) in [5, 5.41) is 26.5. The fourth-order valence-corrected chi connectivity index (χ4v) is 3.30. The van der Waals surface area contributed by atoms with Crippen molar-refractivity contribution in [2.45, 2.75) is 6.23 Å². The van der Waals surface area contributed by atoms with Crippen LogP contribution in [0, 0.1) is 0 Å². The highest BCUT2D eigenvalue weighted by atomic mass is 16.4. The molecule has 0 spiro atoms. The van der Waals surface area contributed by atoms with Gasteiger partial charge in [0.25, 0.3) is 0 Å². The van der Waals surface area contributed by atoms with E-state index in [1.165, 1.54) is 0 Å². The Morgan fingerprint density at radius 2 is 1.56 bits per heavy atom. The van der Waals surface area contributed by atoms with E-state index in [2.05, 4.69) is 10.6 Å². The summed E-state index contributed by atoms with van der Waals surface area (Å²) < 4.78 is 0. The smallest absolute Gasteiger partial charge is 0.337 e. The summed E-state index contributed by atoms with van der Waals surface area (Å²) >= 11 is 0. The van der Waals surface area contributed by atoms with E-state index in [1.807, 2.05) is 54.6 Å². The van der Waals surface area contributed by atoms with Gasteiger partial charge in [0.2, 0.25) is 0 Å². The van der Waals surface area contributed by atoms with Crippen LogP contribution in [-0.4, -0.2) is 22.4 Å². The van der Waals surface area contributed by atoms with E-state index in [1.54, 1.807) is 24.3 Å². The lowest BCUT2D eigenvalue weighted by molar-refractivity contribution is 0.0698. The van der Waals surface area contributed by atoms with E-state index < -0.39 is 12.2 Å². The molecule has 0 fully saturated rings. The number of nitrogens with one attached hydrogen (secondary N) is 2. The number of para-hydroxylation sites is 2. The highest BCUT2D eigenvalue weighted by Crippen LogP contribution is 2.39. The molecular formula is C22H18N2O3. The number of hydrogen-bond donors (Lipinski definition) is 4. The SMILES string of the molecule is O=C(O)c1ccccc1N/C(=C1/c2ccccc2NC1O)c1ccccc1. The largest absolute Gasteiger partial charge is 0.478 e. The van der Waals surface area contributed by atoms with Gasteiger partial charge in [-0.2, -0.15) is 0 Å².